The second-order valence-electron chi connectivity index (χ2n) is 3.84. The van der Waals surface area contributed by atoms with E-state index < -0.39 is 0 Å². The third-order valence-electron chi connectivity index (χ3n) is 2.47. The van der Waals surface area contributed by atoms with Gasteiger partial charge in [-0.25, -0.2) is 0 Å². The van der Waals surface area contributed by atoms with E-state index in [-0.39, 0.29) is 6.10 Å². The molecule has 0 radical (unpaired) electrons. The molecule has 0 aliphatic rings. The van der Waals surface area contributed by atoms with Crippen molar-refractivity contribution in [2.45, 2.75) is 26.6 Å². The average molecular weight is 353 g/mol. The molecule has 0 aliphatic carbocycles. The third-order valence-corrected chi connectivity index (χ3v) is 2.47. The fraction of sp³-hybridized carbons (Fsp3) is 0.462. The Morgan fingerprint density at radius 3 is 2.18 bits per heavy atom. The Hall–Kier alpha value is 0.0834. The number of ether oxygens (including phenoxy) is 2. The summed E-state index contributed by atoms with van der Waals surface area (Å²) in [5, 5.41) is 0. The summed E-state index contributed by atoms with van der Waals surface area (Å²) in [4.78, 5) is 0. The van der Waals surface area contributed by atoms with Gasteiger partial charge in [-0.3, -0.25) is 0 Å². The molecule has 0 bridgehead atoms. The second-order valence-corrected chi connectivity index (χ2v) is 3.84. The molecule has 17 heavy (non-hydrogen) atoms. The van der Waals surface area contributed by atoms with E-state index in [2.05, 4.69) is 27.5 Å². The van der Waals surface area contributed by atoms with E-state index in [0.29, 0.717) is 12.5 Å². The molecule has 1 rings (SSSR count). The number of benzene rings is 1. The van der Waals surface area contributed by atoms with Crippen LogP contribution in [0.5, 0.6) is 5.75 Å². The van der Waals surface area contributed by atoms with Gasteiger partial charge in [0, 0.05) is 6.10 Å². The molecule has 0 spiro atoms. The molecule has 0 aliphatic heterocycles. The van der Waals surface area contributed by atoms with Crippen LogP contribution in [0.4, 0.5) is 0 Å². The van der Waals surface area contributed by atoms with Crippen molar-refractivity contribution in [1.82, 2.24) is 0 Å². The van der Waals surface area contributed by atoms with E-state index >= 15 is 0 Å². The quantitative estimate of drug-likeness (QED) is 0.591. The molecule has 0 fully saturated rings. The van der Waals surface area contributed by atoms with Gasteiger partial charge in [0.25, 0.3) is 0 Å². The molecule has 0 N–H and O–H groups in total. The Morgan fingerprint density at radius 1 is 1.24 bits per heavy atom. The fourth-order valence-corrected chi connectivity index (χ4v) is 1.11. The maximum atomic E-state index is 5.66. The molecule has 0 saturated heterocycles. The van der Waals surface area contributed by atoms with Gasteiger partial charge in [0.2, 0.25) is 0 Å². The van der Waals surface area contributed by atoms with Crippen molar-refractivity contribution in [1.29, 1.82) is 0 Å². The van der Waals surface area contributed by atoms with Crippen LogP contribution in [0.1, 0.15) is 19.4 Å². The van der Waals surface area contributed by atoms with Gasteiger partial charge in [0.05, 0.1) is 13.7 Å². The van der Waals surface area contributed by atoms with Crippen LogP contribution >= 0.6 is 13.6 Å². The first kappa shape index (κ1) is 17.1. The van der Waals surface area contributed by atoms with Gasteiger partial charge in [0.1, 0.15) is 5.75 Å². The summed E-state index contributed by atoms with van der Waals surface area (Å²) in [6.45, 7) is 8.66. The predicted octanol–water partition coefficient (Wildman–Crippen LogP) is 3.91. The van der Waals surface area contributed by atoms with Crippen LogP contribution < -0.4 is 4.74 Å². The first-order valence-electron chi connectivity index (χ1n) is 5.48. The summed E-state index contributed by atoms with van der Waals surface area (Å²) in [5.41, 5.74) is 1.16. The molecule has 4 heteroatoms. The maximum absolute atomic E-state index is 5.66. The van der Waals surface area contributed by atoms with Crippen LogP contribution in [0.25, 0.3) is 0 Å². The third kappa shape index (κ3) is 7.18. The van der Waals surface area contributed by atoms with Gasteiger partial charge in [-0.2, -0.15) is 0 Å². The van der Waals surface area contributed by atoms with E-state index in [9.17, 15) is 0 Å². The number of hydrogen-bond donors (Lipinski definition) is 0. The van der Waals surface area contributed by atoms with Gasteiger partial charge in [-0.1, -0.05) is 19.1 Å². The van der Waals surface area contributed by atoms with E-state index in [1.807, 2.05) is 31.2 Å². The van der Waals surface area contributed by atoms with E-state index in [4.69, 9.17) is 9.47 Å². The first-order valence-corrected chi connectivity index (χ1v) is 12.4. The van der Waals surface area contributed by atoms with Gasteiger partial charge >= 0.3 is 30.0 Å². The van der Waals surface area contributed by atoms with Crippen molar-refractivity contribution in [3.8, 4) is 5.75 Å². The molecule has 1 aromatic rings. The summed E-state index contributed by atoms with van der Waals surface area (Å²) >= 11 is 4.25. The number of methoxy groups -OCH3 is 1. The molecule has 92 valence electrons. The normalized spacial score (nSPS) is 13.4. The van der Waals surface area contributed by atoms with E-state index in [1.165, 1.54) is 16.3 Å². The molecule has 0 saturated carbocycles. The van der Waals surface area contributed by atoms with Gasteiger partial charge in [0.15, 0.2) is 0 Å². The predicted molar refractivity (Wildman–Crippen MR) is 70.7 cm³/mol. The molecular weight excluding hydrogens is 333 g/mol. The molecule has 2 nitrogen and oxygen atoms in total. The van der Waals surface area contributed by atoms with Crippen molar-refractivity contribution in [3.63, 3.8) is 0 Å². The summed E-state index contributed by atoms with van der Waals surface area (Å²) in [6, 6.07) is 7.91. The fourth-order valence-electron chi connectivity index (χ4n) is 1.11. The summed E-state index contributed by atoms with van der Waals surface area (Å²) in [6.07, 6.45) is 0.187. The molecule has 0 aromatic heterocycles. The van der Waals surface area contributed by atoms with Crippen LogP contribution in [0.15, 0.2) is 24.3 Å². The van der Waals surface area contributed by atoms with Crippen LogP contribution in [-0.4, -0.2) is 13.2 Å². The molecule has 1 aromatic carbocycles. The van der Waals surface area contributed by atoms with E-state index in [1.54, 1.807) is 7.11 Å². The molecule has 2 atom stereocenters. The van der Waals surface area contributed by atoms with Gasteiger partial charge < -0.3 is 16.4 Å². The minimum absolute atomic E-state index is 0.187. The summed E-state index contributed by atoms with van der Waals surface area (Å²) in [5.74, 6) is 1.18. The Bertz CT molecular complexity index is 288. The summed E-state index contributed by atoms with van der Waals surface area (Å²) < 4.78 is 10.7. The monoisotopic (exact) mass is 350 g/mol. The number of rotatable bonds is 5. The summed E-state index contributed by atoms with van der Waals surface area (Å²) in [7, 11) is 1.66. The molecule has 0 amide bonds. The molecule has 0 heterocycles. The molecule has 2 unspecified atom stereocenters. The average Bonchev–Trinajstić information content (AvgIpc) is 2.38. The Balaban J connectivity index is 0.00000121. The van der Waals surface area contributed by atoms with Crippen LogP contribution in [0.2, 0.25) is 0 Å². The van der Waals surface area contributed by atoms with Crippen molar-refractivity contribution >= 4 is 13.6 Å². The number of halogens is 1. The standard InChI is InChI=1S/C13H19O2.BrH.Zn/c1-10(2)11(3)15-9-12-5-7-13(14-4)8-6-12;;/h5-8,10-11H,1,9H2,2-4H3;1H;/q-1;;+2/p-1. The van der Waals surface area contributed by atoms with Crippen molar-refractivity contribution < 1.29 is 25.8 Å². The first-order chi connectivity index (χ1) is 8.13. The Labute approximate surface area is 121 Å². The van der Waals surface area contributed by atoms with Crippen LogP contribution in [0.3, 0.4) is 0 Å². The van der Waals surface area contributed by atoms with Crippen LogP contribution in [0, 0.1) is 12.8 Å². The Morgan fingerprint density at radius 2 is 1.76 bits per heavy atom. The zero-order valence-corrected chi connectivity index (χ0v) is 15.3. The molecular formula is C13H19BrO2Zn. The van der Waals surface area contributed by atoms with E-state index in [0.717, 1.165) is 11.3 Å². The SMILES string of the molecule is [CH2-]C(C)C(C)OCc1ccc(OC)cc1.[Zn+][Br]. The van der Waals surface area contributed by atoms with Gasteiger partial charge in [-0.15, -0.1) is 5.92 Å². The second kappa shape index (κ2) is 10.0. The topological polar surface area (TPSA) is 18.5 Å². The Kier molecular flexibility index (Phi) is 10.1. The van der Waals surface area contributed by atoms with Crippen LogP contribution in [-0.2, 0) is 27.7 Å². The number of hydrogen-bond acceptors (Lipinski definition) is 2. The zero-order chi connectivity index (χ0) is 13.3. The zero-order valence-electron chi connectivity index (χ0n) is 10.8. The van der Waals surface area contributed by atoms with Crippen molar-refractivity contribution in [3.05, 3.63) is 36.8 Å². The minimum atomic E-state index is 0.187. The van der Waals surface area contributed by atoms with Gasteiger partial charge in [-0.05, 0) is 24.6 Å². The van der Waals surface area contributed by atoms with Crippen molar-refractivity contribution in [2.75, 3.05) is 7.11 Å². The van der Waals surface area contributed by atoms with Crippen molar-refractivity contribution in [2.24, 2.45) is 5.92 Å².